The largest absolute Gasteiger partial charge is 1.00 e. The molecule has 3 saturated carbocycles. The van der Waals surface area contributed by atoms with Crippen LogP contribution < -0.4 is 40.0 Å². The van der Waals surface area contributed by atoms with Crippen molar-refractivity contribution in [3.8, 4) is 0 Å². The van der Waals surface area contributed by atoms with Crippen LogP contribution in [0.1, 0.15) is 72.1 Å². The van der Waals surface area contributed by atoms with E-state index in [-0.39, 0.29) is 58.1 Å². The SMILES string of the molecule is CC(C(=O)[O-])C1CCC2C3CCC4NC(=O)CCC4(C)C3CCC12C.[Na+]. The second-order valence-corrected chi connectivity index (χ2v) is 9.92. The molecule has 8 atom stereocenters. The van der Waals surface area contributed by atoms with Crippen molar-refractivity contribution in [2.75, 3.05) is 0 Å². The van der Waals surface area contributed by atoms with Crippen molar-refractivity contribution in [1.82, 2.24) is 5.32 Å². The first-order chi connectivity index (χ1) is 11.8. The third-order valence-electron chi connectivity index (χ3n) is 9.14. The number of piperidine rings is 1. The van der Waals surface area contributed by atoms with Gasteiger partial charge < -0.3 is 15.2 Å². The van der Waals surface area contributed by atoms with Crippen LogP contribution >= 0.6 is 0 Å². The molecule has 4 fully saturated rings. The maximum Gasteiger partial charge on any atom is 1.00 e. The van der Waals surface area contributed by atoms with Crippen LogP contribution in [0.2, 0.25) is 0 Å². The van der Waals surface area contributed by atoms with Gasteiger partial charge in [-0.1, -0.05) is 20.8 Å². The van der Waals surface area contributed by atoms with E-state index >= 15 is 0 Å². The number of carboxylic acid groups (broad SMARTS) is 1. The summed E-state index contributed by atoms with van der Waals surface area (Å²) in [4.78, 5) is 23.4. The van der Waals surface area contributed by atoms with Crippen LogP contribution in [-0.2, 0) is 9.59 Å². The molecule has 8 unspecified atom stereocenters. The molecule has 0 radical (unpaired) electrons. The van der Waals surface area contributed by atoms with E-state index in [9.17, 15) is 14.7 Å². The van der Waals surface area contributed by atoms with Crippen LogP contribution in [0.5, 0.6) is 0 Å². The van der Waals surface area contributed by atoms with E-state index in [0.717, 1.165) is 25.7 Å². The molecule has 4 rings (SSSR count). The van der Waals surface area contributed by atoms with E-state index < -0.39 is 5.97 Å². The van der Waals surface area contributed by atoms with Crippen molar-refractivity contribution in [3.05, 3.63) is 0 Å². The number of rotatable bonds is 2. The molecule has 1 amide bonds. The fourth-order valence-corrected chi connectivity index (χ4v) is 7.73. The fraction of sp³-hybridized carbons (Fsp3) is 0.905. The first kappa shape index (κ1) is 20.7. The van der Waals surface area contributed by atoms with Gasteiger partial charge in [-0.05, 0) is 85.4 Å². The molecular weight excluding hydrogens is 337 g/mol. The molecule has 140 valence electrons. The summed E-state index contributed by atoms with van der Waals surface area (Å²) in [6.07, 6.45) is 8.52. The van der Waals surface area contributed by atoms with E-state index in [4.69, 9.17) is 0 Å². The zero-order chi connectivity index (χ0) is 18.0. The molecule has 4 aliphatic rings. The van der Waals surface area contributed by atoms with E-state index in [1.165, 1.54) is 19.3 Å². The minimum absolute atomic E-state index is 0. The van der Waals surface area contributed by atoms with Crippen molar-refractivity contribution in [1.29, 1.82) is 0 Å². The van der Waals surface area contributed by atoms with Crippen molar-refractivity contribution in [3.63, 3.8) is 0 Å². The predicted octanol–water partition coefficient (Wildman–Crippen LogP) is -0.486. The Morgan fingerprint density at radius 3 is 2.46 bits per heavy atom. The van der Waals surface area contributed by atoms with Gasteiger partial charge in [0.05, 0.1) is 0 Å². The molecule has 1 aliphatic heterocycles. The number of hydrogen-bond donors (Lipinski definition) is 1. The van der Waals surface area contributed by atoms with Crippen LogP contribution in [0.4, 0.5) is 0 Å². The van der Waals surface area contributed by atoms with E-state index in [1.54, 1.807) is 0 Å². The average Bonchev–Trinajstić information content (AvgIpc) is 2.92. The van der Waals surface area contributed by atoms with Gasteiger partial charge in [-0.2, -0.15) is 0 Å². The predicted molar refractivity (Wildman–Crippen MR) is 93.2 cm³/mol. The summed E-state index contributed by atoms with van der Waals surface area (Å²) in [5.41, 5.74) is 0.387. The minimum atomic E-state index is -0.875. The monoisotopic (exact) mass is 369 g/mol. The molecule has 0 aromatic heterocycles. The molecule has 0 aromatic rings. The van der Waals surface area contributed by atoms with Crippen molar-refractivity contribution < 1.29 is 44.3 Å². The molecule has 1 heterocycles. The van der Waals surface area contributed by atoms with Gasteiger partial charge in [0.2, 0.25) is 5.91 Å². The molecule has 0 spiro atoms. The molecular formula is C21H32NNaO3. The normalized spacial score (nSPS) is 48.3. The third-order valence-corrected chi connectivity index (χ3v) is 9.14. The molecule has 5 heteroatoms. The first-order valence-electron chi connectivity index (χ1n) is 10.3. The minimum Gasteiger partial charge on any atom is -0.550 e. The Labute approximate surface area is 179 Å². The van der Waals surface area contributed by atoms with Gasteiger partial charge in [0.15, 0.2) is 0 Å². The molecule has 1 N–H and O–H groups in total. The number of carboxylic acids is 1. The summed E-state index contributed by atoms with van der Waals surface area (Å²) >= 11 is 0. The van der Waals surface area contributed by atoms with Crippen LogP contribution in [-0.4, -0.2) is 17.9 Å². The summed E-state index contributed by atoms with van der Waals surface area (Å²) in [6.45, 7) is 6.63. The second kappa shape index (κ2) is 7.08. The van der Waals surface area contributed by atoms with Crippen LogP contribution in [0.15, 0.2) is 0 Å². The number of carbonyl (C=O) groups excluding carboxylic acids is 2. The molecule has 0 aromatic carbocycles. The average molecular weight is 369 g/mol. The maximum atomic E-state index is 11.9. The van der Waals surface area contributed by atoms with Crippen LogP contribution in [0.25, 0.3) is 0 Å². The number of hydrogen-bond acceptors (Lipinski definition) is 3. The van der Waals surface area contributed by atoms with Gasteiger partial charge in [0.25, 0.3) is 0 Å². The Morgan fingerprint density at radius 1 is 1.08 bits per heavy atom. The van der Waals surface area contributed by atoms with E-state index in [2.05, 4.69) is 19.2 Å². The Morgan fingerprint density at radius 2 is 1.77 bits per heavy atom. The molecule has 1 saturated heterocycles. The summed E-state index contributed by atoms with van der Waals surface area (Å²) in [7, 11) is 0. The number of amides is 1. The maximum absolute atomic E-state index is 11.9. The van der Waals surface area contributed by atoms with E-state index in [0.29, 0.717) is 30.2 Å². The van der Waals surface area contributed by atoms with Gasteiger partial charge in [-0.25, -0.2) is 0 Å². The molecule has 4 nitrogen and oxygen atoms in total. The summed E-state index contributed by atoms with van der Waals surface area (Å²) in [6, 6.07) is 0.346. The quantitative estimate of drug-likeness (QED) is 0.668. The third kappa shape index (κ3) is 2.90. The number of aliphatic carboxylic acids is 1. The topological polar surface area (TPSA) is 69.2 Å². The van der Waals surface area contributed by atoms with Crippen LogP contribution in [0, 0.1) is 40.4 Å². The fourth-order valence-electron chi connectivity index (χ4n) is 7.73. The smallest absolute Gasteiger partial charge is 0.550 e. The van der Waals surface area contributed by atoms with Gasteiger partial charge >= 0.3 is 29.6 Å². The molecule has 26 heavy (non-hydrogen) atoms. The number of fused-ring (bicyclic) bond motifs is 5. The Kier molecular flexibility index (Phi) is 5.63. The summed E-state index contributed by atoms with van der Waals surface area (Å²) in [5, 5.41) is 14.8. The zero-order valence-electron chi connectivity index (χ0n) is 16.8. The van der Waals surface area contributed by atoms with E-state index in [1.807, 2.05) is 6.92 Å². The number of carbonyl (C=O) groups is 2. The van der Waals surface area contributed by atoms with Gasteiger partial charge in [-0.3, -0.25) is 4.79 Å². The van der Waals surface area contributed by atoms with Crippen molar-refractivity contribution in [2.45, 2.75) is 78.2 Å². The molecule has 0 bridgehead atoms. The van der Waals surface area contributed by atoms with Gasteiger partial charge in [-0.15, -0.1) is 0 Å². The zero-order valence-corrected chi connectivity index (χ0v) is 18.8. The molecule has 3 aliphatic carbocycles. The first-order valence-corrected chi connectivity index (χ1v) is 10.3. The standard InChI is InChI=1S/C21H33NO3.Na/c1-12(19(24)25)14-5-6-15-13-4-7-17-21(3,11-9-18(23)22-17)16(13)8-10-20(14,15)2;/h12-17H,4-11H2,1-3H3,(H,22,23)(H,24,25);/q;+1/p-1. The Bertz CT molecular complexity index is 596. The Balaban J connectivity index is 0.00000196. The van der Waals surface area contributed by atoms with Gasteiger partial charge in [0.1, 0.15) is 0 Å². The summed E-state index contributed by atoms with van der Waals surface area (Å²) in [5.74, 6) is 1.31. The number of nitrogens with one attached hydrogen (secondary N) is 1. The Hall–Kier alpha value is -0.0600. The van der Waals surface area contributed by atoms with Crippen molar-refractivity contribution in [2.24, 2.45) is 40.4 Å². The van der Waals surface area contributed by atoms with Crippen LogP contribution in [0.3, 0.4) is 0 Å². The van der Waals surface area contributed by atoms with Crippen molar-refractivity contribution >= 4 is 11.9 Å². The van der Waals surface area contributed by atoms with Gasteiger partial charge in [0, 0.05) is 18.4 Å². The second-order valence-electron chi connectivity index (χ2n) is 9.92. The summed E-state index contributed by atoms with van der Waals surface area (Å²) < 4.78 is 0.